The summed E-state index contributed by atoms with van der Waals surface area (Å²) in [5.41, 5.74) is 0. The normalized spacial score (nSPS) is 36.6. The summed E-state index contributed by atoms with van der Waals surface area (Å²) in [5.74, 6) is 0.581. The molecule has 1 heterocycles. The second-order valence-electron chi connectivity index (χ2n) is 3.28. The van der Waals surface area contributed by atoms with Crippen LogP contribution in [0.1, 0.15) is 26.2 Å². The van der Waals surface area contributed by atoms with Crippen molar-refractivity contribution in [1.82, 2.24) is 5.32 Å². The standard InChI is InChI=1S/C8H16FN/c1-7-3-2-4-10-6-8(9)5-7/h7-8,10H,2-6H2,1H3/t7?,8-/m1/s1. The minimum atomic E-state index is -0.615. The molecule has 10 heavy (non-hydrogen) atoms. The van der Waals surface area contributed by atoms with Crippen molar-refractivity contribution < 1.29 is 4.39 Å². The second kappa shape index (κ2) is 3.91. The van der Waals surface area contributed by atoms with Gasteiger partial charge in [0.1, 0.15) is 6.17 Å². The van der Waals surface area contributed by atoms with Gasteiger partial charge in [-0.25, -0.2) is 4.39 Å². The van der Waals surface area contributed by atoms with Crippen LogP contribution in [0.25, 0.3) is 0 Å². The molecule has 2 heteroatoms. The molecule has 0 saturated carbocycles. The maximum atomic E-state index is 12.8. The first-order valence-corrected chi connectivity index (χ1v) is 4.14. The van der Waals surface area contributed by atoms with Gasteiger partial charge in [0.25, 0.3) is 0 Å². The summed E-state index contributed by atoms with van der Waals surface area (Å²) in [6, 6.07) is 0. The van der Waals surface area contributed by atoms with E-state index in [9.17, 15) is 4.39 Å². The van der Waals surface area contributed by atoms with Crippen molar-refractivity contribution >= 4 is 0 Å². The Morgan fingerprint density at radius 2 is 2.30 bits per heavy atom. The van der Waals surface area contributed by atoms with Crippen molar-refractivity contribution in [2.75, 3.05) is 13.1 Å². The third-order valence-corrected chi connectivity index (χ3v) is 2.07. The Morgan fingerprint density at radius 1 is 1.50 bits per heavy atom. The highest BCUT2D eigenvalue weighted by Gasteiger charge is 2.13. The van der Waals surface area contributed by atoms with Crippen LogP contribution in [0.5, 0.6) is 0 Å². The summed E-state index contributed by atoms with van der Waals surface area (Å²) >= 11 is 0. The number of alkyl halides is 1. The van der Waals surface area contributed by atoms with E-state index in [0.29, 0.717) is 12.5 Å². The number of nitrogens with one attached hydrogen (secondary N) is 1. The Hall–Kier alpha value is -0.110. The molecule has 1 rings (SSSR count). The fourth-order valence-corrected chi connectivity index (χ4v) is 1.47. The molecule has 0 aliphatic carbocycles. The lowest BCUT2D eigenvalue weighted by Crippen LogP contribution is -2.29. The number of hydrogen-bond donors (Lipinski definition) is 1. The lowest BCUT2D eigenvalue weighted by atomic mass is 9.97. The van der Waals surface area contributed by atoms with E-state index in [0.717, 1.165) is 13.0 Å². The van der Waals surface area contributed by atoms with Crippen molar-refractivity contribution in [3.8, 4) is 0 Å². The quantitative estimate of drug-likeness (QED) is 0.547. The molecule has 0 spiro atoms. The van der Waals surface area contributed by atoms with Gasteiger partial charge >= 0.3 is 0 Å². The van der Waals surface area contributed by atoms with Crippen LogP contribution in [0, 0.1) is 5.92 Å². The molecule has 0 aromatic rings. The minimum Gasteiger partial charge on any atom is -0.314 e. The van der Waals surface area contributed by atoms with E-state index in [4.69, 9.17) is 0 Å². The van der Waals surface area contributed by atoms with E-state index in [1.807, 2.05) is 0 Å². The molecule has 1 aliphatic heterocycles. The molecule has 1 aliphatic rings. The van der Waals surface area contributed by atoms with Crippen molar-refractivity contribution in [2.24, 2.45) is 5.92 Å². The SMILES string of the molecule is CC1CCCNC[C@H](F)C1. The Morgan fingerprint density at radius 3 is 3.10 bits per heavy atom. The minimum absolute atomic E-state index is 0.560. The molecule has 0 bridgehead atoms. The van der Waals surface area contributed by atoms with Crippen LogP contribution in [-0.2, 0) is 0 Å². The van der Waals surface area contributed by atoms with Gasteiger partial charge in [-0.1, -0.05) is 6.92 Å². The van der Waals surface area contributed by atoms with Crippen LogP contribution >= 0.6 is 0 Å². The fraction of sp³-hybridized carbons (Fsp3) is 1.00. The van der Waals surface area contributed by atoms with Gasteiger partial charge in [-0.3, -0.25) is 0 Å². The van der Waals surface area contributed by atoms with Gasteiger partial charge in [-0.2, -0.15) is 0 Å². The van der Waals surface area contributed by atoms with Crippen LogP contribution in [0.3, 0.4) is 0 Å². The Kier molecular flexibility index (Phi) is 3.13. The molecule has 60 valence electrons. The lowest BCUT2D eigenvalue weighted by Gasteiger charge is -2.18. The summed E-state index contributed by atoms with van der Waals surface area (Å²) in [6.07, 6.45) is 2.50. The van der Waals surface area contributed by atoms with Gasteiger partial charge in [0.2, 0.25) is 0 Å². The summed E-state index contributed by atoms with van der Waals surface area (Å²) in [4.78, 5) is 0. The molecule has 1 saturated heterocycles. The molecule has 1 N–H and O–H groups in total. The first-order chi connectivity index (χ1) is 4.79. The first kappa shape index (κ1) is 7.99. The maximum Gasteiger partial charge on any atom is 0.113 e. The third-order valence-electron chi connectivity index (χ3n) is 2.07. The van der Waals surface area contributed by atoms with Gasteiger partial charge in [0.15, 0.2) is 0 Å². The van der Waals surface area contributed by atoms with Gasteiger partial charge in [-0.05, 0) is 31.7 Å². The van der Waals surface area contributed by atoms with E-state index < -0.39 is 6.17 Å². The highest BCUT2D eigenvalue weighted by molar-refractivity contribution is 4.68. The maximum absolute atomic E-state index is 12.8. The lowest BCUT2D eigenvalue weighted by molar-refractivity contribution is 0.243. The van der Waals surface area contributed by atoms with Crippen molar-refractivity contribution in [3.63, 3.8) is 0 Å². The van der Waals surface area contributed by atoms with E-state index >= 15 is 0 Å². The Bertz CT molecular complexity index is 85.3. The number of hydrogen-bond acceptors (Lipinski definition) is 1. The van der Waals surface area contributed by atoms with Crippen LogP contribution in [0.2, 0.25) is 0 Å². The summed E-state index contributed by atoms with van der Waals surface area (Å²) < 4.78 is 12.8. The molecule has 0 aromatic heterocycles. The van der Waals surface area contributed by atoms with Crippen molar-refractivity contribution in [1.29, 1.82) is 0 Å². The summed E-state index contributed by atoms with van der Waals surface area (Å²) in [5, 5.41) is 3.08. The highest BCUT2D eigenvalue weighted by atomic mass is 19.1. The van der Waals surface area contributed by atoms with Crippen molar-refractivity contribution in [3.05, 3.63) is 0 Å². The largest absolute Gasteiger partial charge is 0.314 e. The van der Waals surface area contributed by atoms with Crippen molar-refractivity contribution in [2.45, 2.75) is 32.4 Å². The highest BCUT2D eigenvalue weighted by Crippen LogP contribution is 2.15. The first-order valence-electron chi connectivity index (χ1n) is 4.14. The third kappa shape index (κ3) is 2.65. The van der Waals surface area contributed by atoms with Gasteiger partial charge in [0.05, 0.1) is 0 Å². The van der Waals surface area contributed by atoms with E-state index in [2.05, 4.69) is 12.2 Å². The summed E-state index contributed by atoms with van der Waals surface area (Å²) in [6.45, 7) is 3.69. The fourth-order valence-electron chi connectivity index (χ4n) is 1.47. The van der Waals surface area contributed by atoms with Crippen LogP contribution in [0.4, 0.5) is 4.39 Å². The zero-order chi connectivity index (χ0) is 7.40. The zero-order valence-electron chi connectivity index (χ0n) is 6.57. The Labute approximate surface area is 62.0 Å². The Balaban J connectivity index is 2.25. The van der Waals surface area contributed by atoms with Gasteiger partial charge < -0.3 is 5.32 Å². The monoisotopic (exact) mass is 145 g/mol. The molecule has 1 fully saturated rings. The molecule has 1 unspecified atom stereocenters. The van der Waals surface area contributed by atoms with Crippen LogP contribution in [0.15, 0.2) is 0 Å². The molecular weight excluding hydrogens is 129 g/mol. The van der Waals surface area contributed by atoms with E-state index in [1.165, 1.54) is 12.8 Å². The van der Waals surface area contributed by atoms with Gasteiger partial charge in [0, 0.05) is 6.54 Å². The topological polar surface area (TPSA) is 12.0 Å². The molecule has 1 nitrogen and oxygen atoms in total. The average molecular weight is 145 g/mol. The number of rotatable bonds is 0. The number of halogens is 1. The zero-order valence-corrected chi connectivity index (χ0v) is 6.57. The molecule has 0 radical (unpaired) electrons. The van der Waals surface area contributed by atoms with E-state index in [1.54, 1.807) is 0 Å². The molecule has 2 atom stereocenters. The summed E-state index contributed by atoms with van der Waals surface area (Å²) in [7, 11) is 0. The predicted octanol–water partition coefficient (Wildman–Crippen LogP) is 1.73. The molecule has 0 aromatic carbocycles. The average Bonchev–Trinajstić information content (AvgIpc) is 1.83. The van der Waals surface area contributed by atoms with Crippen LogP contribution < -0.4 is 5.32 Å². The molecule has 0 amide bonds. The van der Waals surface area contributed by atoms with E-state index in [-0.39, 0.29) is 0 Å². The smallest absolute Gasteiger partial charge is 0.113 e. The van der Waals surface area contributed by atoms with Gasteiger partial charge in [-0.15, -0.1) is 0 Å². The van der Waals surface area contributed by atoms with Crippen LogP contribution in [-0.4, -0.2) is 19.3 Å². The predicted molar refractivity (Wildman–Crippen MR) is 40.8 cm³/mol. The molecular formula is C8H16FN. The second-order valence-corrected chi connectivity index (χ2v) is 3.28.